The van der Waals surface area contributed by atoms with Crippen molar-refractivity contribution in [3.63, 3.8) is 0 Å². The fourth-order valence-corrected chi connectivity index (χ4v) is 0.911. The van der Waals surface area contributed by atoms with Crippen LogP contribution in [0.4, 0.5) is 0 Å². The topological polar surface area (TPSA) is 26.3 Å². The van der Waals surface area contributed by atoms with Gasteiger partial charge in [0.15, 0.2) is 0 Å². The van der Waals surface area contributed by atoms with Crippen LogP contribution in [0.3, 0.4) is 0 Å². The van der Waals surface area contributed by atoms with Crippen molar-refractivity contribution >= 4 is 12.0 Å². The predicted molar refractivity (Wildman–Crippen MR) is 56.4 cm³/mol. The molecule has 0 atom stereocenters. The lowest BCUT2D eigenvalue weighted by atomic mass is 10.2. The summed E-state index contributed by atoms with van der Waals surface area (Å²) < 4.78 is 4.61. The minimum Gasteiger partial charge on any atom is -0.435 e. The molecule has 0 fully saturated rings. The largest absolute Gasteiger partial charge is 0.435 e. The summed E-state index contributed by atoms with van der Waals surface area (Å²) in [7, 11) is 0. The summed E-state index contributed by atoms with van der Waals surface area (Å²) in [5, 5.41) is 0. The Hall–Kier alpha value is -1.83. The minimum absolute atomic E-state index is 0.311. The number of esters is 1. The maximum Gasteiger partial charge on any atom is 0.307 e. The molecule has 1 rings (SSSR count). The lowest BCUT2D eigenvalue weighted by Gasteiger charge is -1.89. The number of ether oxygens (including phenoxy) is 1. The molecular formula is C12H12O2. The Morgan fingerprint density at radius 3 is 2.57 bits per heavy atom. The molecule has 2 nitrogen and oxygen atoms in total. The number of carbonyl (C=O) groups is 1. The van der Waals surface area contributed by atoms with Gasteiger partial charge in [0.25, 0.3) is 0 Å². The van der Waals surface area contributed by atoms with Crippen molar-refractivity contribution in [1.29, 1.82) is 0 Å². The molecule has 0 unspecified atom stereocenters. The molecule has 1 aromatic rings. The van der Waals surface area contributed by atoms with E-state index in [1.54, 1.807) is 6.08 Å². The number of carbonyl (C=O) groups excluding carboxylic acids is 1. The van der Waals surface area contributed by atoms with Gasteiger partial charge in [0, 0.05) is 6.92 Å². The molecular weight excluding hydrogens is 176 g/mol. The third-order valence-electron chi connectivity index (χ3n) is 1.51. The van der Waals surface area contributed by atoms with Crippen molar-refractivity contribution in [2.75, 3.05) is 0 Å². The first kappa shape index (κ1) is 10.3. The van der Waals surface area contributed by atoms with Crippen molar-refractivity contribution < 1.29 is 9.53 Å². The van der Waals surface area contributed by atoms with Gasteiger partial charge in [0.1, 0.15) is 0 Å². The number of hydrogen-bond acceptors (Lipinski definition) is 2. The summed E-state index contributed by atoms with van der Waals surface area (Å²) in [6.45, 7) is 1.37. The second kappa shape index (κ2) is 5.75. The molecule has 0 amide bonds. The first-order chi connectivity index (χ1) is 6.79. The van der Waals surface area contributed by atoms with Crippen LogP contribution in [0.15, 0.2) is 48.7 Å². The van der Waals surface area contributed by atoms with E-state index in [0.29, 0.717) is 0 Å². The highest BCUT2D eigenvalue weighted by atomic mass is 16.5. The summed E-state index contributed by atoms with van der Waals surface area (Å²) in [5.41, 5.74) is 1.11. The second-order valence-corrected chi connectivity index (χ2v) is 2.71. The normalized spacial score (nSPS) is 10.9. The lowest BCUT2D eigenvalue weighted by molar-refractivity contribution is -0.135. The second-order valence-electron chi connectivity index (χ2n) is 2.71. The predicted octanol–water partition coefficient (Wildman–Crippen LogP) is 2.78. The van der Waals surface area contributed by atoms with Crippen molar-refractivity contribution in [1.82, 2.24) is 0 Å². The van der Waals surface area contributed by atoms with Crippen molar-refractivity contribution in [2.45, 2.75) is 6.92 Å². The van der Waals surface area contributed by atoms with Crippen LogP contribution in [-0.2, 0) is 9.53 Å². The highest BCUT2D eigenvalue weighted by Crippen LogP contribution is 2.00. The molecule has 0 spiro atoms. The number of rotatable bonds is 3. The smallest absolute Gasteiger partial charge is 0.307 e. The van der Waals surface area contributed by atoms with Crippen LogP contribution in [0.2, 0.25) is 0 Å². The Kier molecular flexibility index (Phi) is 4.21. The molecule has 2 heteroatoms. The fraction of sp³-hybridized carbons (Fsp3) is 0.0833. The zero-order valence-electron chi connectivity index (χ0n) is 8.01. The van der Waals surface area contributed by atoms with Gasteiger partial charge in [-0.05, 0) is 11.6 Å². The highest BCUT2D eigenvalue weighted by Gasteiger charge is 1.83. The third kappa shape index (κ3) is 4.26. The summed E-state index contributed by atoms with van der Waals surface area (Å²) in [5.74, 6) is -0.311. The summed E-state index contributed by atoms with van der Waals surface area (Å²) in [6.07, 6.45) is 6.79. The summed E-state index contributed by atoms with van der Waals surface area (Å²) in [6, 6.07) is 9.89. The summed E-state index contributed by atoms with van der Waals surface area (Å²) in [4.78, 5) is 10.4. The van der Waals surface area contributed by atoms with Gasteiger partial charge in [-0.3, -0.25) is 4.79 Å². The molecule has 72 valence electrons. The average molecular weight is 188 g/mol. The van der Waals surface area contributed by atoms with E-state index >= 15 is 0 Å². The monoisotopic (exact) mass is 188 g/mol. The standard InChI is InChI=1S/C12H12O2/c1-11(13)14-10-6-5-9-12-7-3-2-4-8-12/h2-10H,1H3/b9-5+,10-6-. The molecule has 0 heterocycles. The molecule has 0 aliphatic carbocycles. The number of hydrogen-bond donors (Lipinski definition) is 0. The molecule has 0 bridgehead atoms. The van der Waals surface area contributed by atoms with Gasteiger partial charge in [0.05, 0.1) is 6.26 Å². The van der Waals surface area contributed by atoms with Crippen LogP contribution < -0.4 is 0 Å². The van der Waals surface area contributed by atoms with Crippen LogP contribution in [0, 0.1) is 0 Å². The van der Waals surface area contributed by atoms with Gasteiger partial charge in [-0.1, -0.05) is 42.5 Å². The first-order valence-electron chi connectivity index (χ1n) is 4.34. The quantitative estimate of drug-likeness (QED) is 0.414. The summed E-state index contributed by atoms with van der Waals surface area (Å²) >= 11 is 0. The molecule has 1 aromatic carbocycles. The van der Waals surface area contributed by atoms with E-state index in [0.717, 1.165) is 5.56 Å². The maximum absolute atomic E-state index is 10.4. The molecule has 0 aromatic heterocycles. The molecule has 0 aliphatic rings. The van der Waals surface area contributed by atoms with Crippen molar-refractivity contribution in [2.24, 2.45) is 0 Å². The van der Waals surface area contributed by atoms with E-state index in [2.05, 4.69) is 4.74 Å². The Labute approximate surface area is 83.5 Å². The van der Waals surface area contributed by atoms with E-state index in [1.807, 2.05) is 42.5 Å². The van der Waals surface area contributed by atoms with E-state index in [1.165, 1.54) is 13.2 Å². The van der Waals surface area contributed by atoms with E-state index in [-0.39, 0.29) is 5.97 Å². The Balaban J connectivity index is 2.42. The molecule has 0 saturated carbocycles. The lowest BCUT2D eigenvalue weighted by Crippen LogP contribution is -1.88. The third-order valence-corrected chi connectivity index (χ3v) is 1.51. The number of benzene rings is 1. The van der Waals surface area contributed by atoms with Crippen LogP contribution in [0.5, 0.6) is 0 Å². The molecule has 0 radical (unpaired) electrons. The Morgan fingerprint density at radius 1 is 1.21 bits per heavy atom. The molecule has 14 heavy (non-hydrogen) atoms. The van der Waals surface area contributed by atoms with Crippen molar-refractivity contribution in [3.8, 4) is 0 Å². The van der Waals surface area contributed by atoms with Crippen molar-refractivity contribution in [3.05, 3.63) is 54.3 Å². The Bertz CT molecular complexity index is 337. The van der Waals surface area contributed by atoms with Gasteiger partial charge >= 0.3 is 5.97 Å². The van der Waals surface area contributed by atoms with E-state index < -0.39 is 0 Å². The van der Waals surface area contributed by atoms with Crippen LogP contribution in [0.25, 0.3) is 6.08 Å². The molecule has 0 aliphatic heterocycles. The van der Waals surface area contributed by atoms with Crippen LogP contribution in [0.1, 0.15) is 12.5 Å². The average Bonchev–Trinajstić information content (AvgIpc) is 2.18. The zero-order valence-corrected chi connectivity index (χ0v) is 8.01. The van der Waals surface area contributed by atoms with Crippen LogP contribution in [-0.4, -0.2) is 5.97 Å². The SMILES string of the molecule is CC(=O)O/C=C\C=C\c1ccccc1. The molecule has 0 saturated heterocycles. The molecule has 0 N–H and O–H groups in total. The van der Waals surface area contributed by atoms with Gasteiger partial charge in [-0.15, -0.1) is 0 Å². The van der Waals surface area contributed by atoms with Gasteiger partial charge < -0.3 is 4.74 Å². The van der Waals surface area contributed by atoms with E-state index in [4.69, 9.17) is 0 Å². The fourth-order valence-electron chi connectivity index (χ4n) is 0.911. The van der Waals surface area contributed by atoms with Gasteiger partial charge in [-0.2, -0.15) is 0 Å². The zero-order chi connectivity index (χ0) is 10.2. The minimum atomic E-state index is -0.311. The maximum atomic E-state index is 10.4. The van der Waals surface area contributed by atoms with E-state index in [9.17, 15) is 4.79 Å². The first-order valence-corrected chi connectivity index (χ1v) is 4.34. The van der Waals surface area contributed by atoms with Gasteiger partial charge in [-0.25, -0.2) is 0 Å². The Morgan fingerprint density at radius 2 is 1.93 bits per heavy atom. The highest BCUT2D eigenvalue weighted by molar-refractivity contribution is 5.66. The van der Waals surface area contributed by atoms with Gasteiger partial charge in [0.2, 0.25) is 0 Å². The number of allylic oxidation sites excluding steroid dienone is 2. The van der Waals surface area contributed by atoms with Crippen LogP contribution >= 0.6 is 0 Å².